The second-order valence-electron chi connectivity index (χ2n) is 5.16. The SMILES string of the molecule is CCC(C)CN(C)CCCC(O)(CC)CN. The van der Waals surface area contributed by atoms with Crippen molar-refractivity contribution in [3.63, 3.8) is 0 Å². The molecule has 0 amide bonds. The van der Waals surface area contributed by atoms with Crippen LogP contribution >= 0.6 is 0 Å². The van der Waals surface area contributed by atoms with Crippen LogP contribution < -0.4 is 5.73 Å². The zero-order valence-corrected chi connectivity index (χ0v) is 11.5. The molecule has 98 valence electrons. The van der Waals surface area contributed by atoms with Gasteiger partial charge >= 0.3 is 0 Å². The second kappa shape index (κ2) is 8.04. The summed E-state index contributed by atoms with van der Waals surface area (Å²) in [7, 11) is 2.15. The monoisotopic (exact) mass is 230 g/mol. The molecular formula is C13H30N2O. The Labute approximate surface area is 101 Å². The van der Waals surface area contributed by atoms with E-state index in [1.54, 1.807) is 0 Å². The normalized spacial score (nSPS) is 17.4. The van der Waals surface area contributed by atoms with Crippen LogP contribution in [0.25, 0.3) is 0 Å². The van der Waals surface area contributed by atoms with Crippen molar-refractivity contribution < 1.29 is 5.11 Å². The fourth-order valence-corrected chi connectivity index (χ4v) is 1.85. The molecule has 0 aliphatic rings. The molecule has 0 aliphatic carbocycles. The van der Waals surface area contributed by atoms with E-state index in [0.29, 0.717) is 6.54 Å². The van der Waals surface area contributed by atoms with Crippen molar-refractivity contribution in [3.05, 3.63) is 0 Å². The van der Waals surface area contributed by atoms with Crippen LogP contribution in [0.15, 0.2) is 0 Å². The fraction of sp³-hybridized carbons (Fsp3) is 1.00. The third kappa shape index (κ3) is 6.46. The summed E-state index contributed by atoms with van der Waals surface area (Å²) in [6, 6.07) is 0. The molecule has 0 bridgehead atoms. The van der Waals surface area contributed by atoms with Crippen molar-refractivity contribution in [2.75, 3.05) is 26.7 Å². The van der Waals surface area contributed by atoms with Crippen LogP contribution in [0.1, 0.15) is 46.5 Å². The molecule has 0 spiro atoms. The first-order chi connectivity index (χ1) is 7.47. The quantitative estimate of drug-likeness (QED) is 0.635. The second-order valence-corrected chi connectivity index (χ2v) is 5.16. The maximum Gasteiger partial charge on any atom is 0.0767 e. The standard InChI is InChI=1S/C13H30N2O/c1-5-12(3)10-15(4)9-7-8-13(16,6-2)11-14/h12,16H,5-11,14H2,1-4H3. The molecule has 0 heterocycles. The average Bonchev–Trinajstić information content (AvgIpc) is 2.28. The van der Waals surface area contributed by atoms with Gasteiger partial charge in [-0.05, 0) is 38.8 Å². The maximum absolute atomic E-state index is 10.0. The molecule has 2 atom stereocenters. The van der Waals surface area contributed by atoms with Gasteiger partial charge in [0.15, 0.2) is 0 Å². The average molecular weight is 230 g/mol. The Morgan fingerprint density at radius 2 is 2.00 bits per heavy atom. The van der Waals surface area contributed by atoms with E-state index in [1.807, 2.05) is 6.92 Å². The first-order valence-electron chi connectivity index (χ1n) is 6.58. The molecule has 0 saturated carbocycles. The number of nitrogens with zero attached hydrogens (tertiary/aromatic N) is 1. The largest absolute Gasteiger partial charge is 0.389 e. The molecule has 0 fully saturated rings. The summed E-state index contributed by atoms with van der Waals surface area (Å²) in [6.07, 6.45) is 3.81. The lowest BCUT2D eigenvalue weighted by Gasteiger charge is -2.26. The third-order valence-electron chi connectivity index (χ3n) is 3.54. The predicted molar refractivity (Wildman–Crippen MR) is 70.5 cm³/mol. The van der Waals surface area contributed by atoms with E-state index < -0.39 is 5.60 Å². The van der Waals surface area contributed by atoms with Crippen molar-refractivity contribution in [2.45, 2.75) is 52.1 Å². The van der Waals surface area contributed by atoms with Gasteiger partial charge in [0.2, 0.25) is 0 Å². The molecule has 0 aromatic heterocycles. The molecule has 3 N–H and O–H groups in total. The van der Waals surface area contributed by atoms with Gasteiger partial charge in [-0.2, -0.15) is 0 Å². The van der Waals surface area contributed by atoms with Gasteiger partial charge in [0.25, 0.3) is 0 Å². The van der Waals surface area contributed by atoms with Gasteiger partial charge in [-0.25, -0.2) is 0 Å². The molecule has 3 nitrogen and oxygen atoms in total. The number of hydrogen-bond donors (Lipinski definition) is 2. The lowest BCUT2D eigenvalue weighted by molar-refractivity contribution is 0.0320. The maximum atomic E-state index is 10.0. The molecule has 0 rings (SSSR count). The van der Waals surface area contributed by atoms with Crippen LogP contribution in [0.2, 0.25) is 0 Å². The summed E-state index contributed by atoms with van der Waals surface area (Å²) in [6.45, 7) is 9.06. The van der Waals surface area contributed by atoms with E-state index in [1.165, 1.54) is 6.42 Å². The van der Waals surface area contributed by atoms with Crippen LogP contribution in [0, 0.1) is 5.92 Å². The number of nitrogens with two attached hydrogens (primary N) is 1. The van der Waals surface area contributed by atoms with Crippen molar-refractivity contribution in [1.82, 2.24) is 4.90 Å². The third-order valence-corrected chi connectivity index (χ3v) is 3.54. The zero-order valence-electron chi connectivity index (χ0n) is 11.5. The first kappa shape index (κ1) is 15.9. The molecule has 0 aromatic carbocycles. The first-order valence-corrected chi connectivity index (χ1v) is 6.58. The summed E-state index contributed by atoms with van der Waals surface area (Å²) < 4.78 is 0. The Kier molecular flexibility index (Phi) is 7.98. The molecule has 0 saturated heterocycles. The summed E-state index contributed by atoms with van der Waals surface area (Å²) in [5.41, 5.74) is 4.93. The summed E-state index contributed by atoms with van der Waals surface area (Å²) in [5, 5.41) is 10.0. The van der Waals surface area contributed by atoms with Gasteiger partial charge in [-0.15, -0.1) is 0 Å². The van der Waals surface area contributed by atoms with E-state index >= 15 is 0 Å². The van der Waals surface area contributed by atoms with Gasteiger partial charge < -0.3 is 15.7 Å². The van der Waals surface area contributed by atoms with Crippen molar-refractivity contribution in [1.29, 1.82) is 0 Å². The molecule has 0 aromatic rings. The number of hydrogen-bond acceptors (Lipinski definition) is 3. The Hall–Kier alpha value is -0.120. The molecule has 0 aliphatic heterocycles. The Bertz CT molecular complexity index is 169. The van der Waals surface area contributed by atoms with Crippen LogP contribution in [-0.4, -0.2) is 42.3 Å². The minimum absolute atomic E-state index is 0.374. The minimum atomic E-state index is -0.642. The molecule has 0 radical (unpaired) electrons. The molecule has 3 heteroatoms. The highest BCUT2D eigenvalue weighted by Gasteiger charge is 2.21. The van der Waals surface area contributed by atoms with Crippen molar-refractivity contribution in [2.24, 2.45) is 11.7 Å². The lowest BCUT2D eigenvalue weighted by atomic mass is 9.95. The number of rotatable bonds is 9. The van der Waals surface area contributed by atoms with E-state index in [0.717, 1.165) is 38.3 Å². The zero-order chi connectivity index (χ0) is 12.6. The Morgan fingerprint density at radius 1 is 1.38 bits per heavy atom. The van der Waals surface area contributed by atoms with Crippen LogP contribution in [0.5, 0.6) is 0 Å². The highest BCUT2D eigenvalue weighted by molar-refractivity contribution is 4.77. The van der Waals surface area contributed by atoms with Gasteiger partial charge in [0.05, 0.1) is 5.60 Å². The lowest BCUT2D eigenvalue weighted by Crippen LogP contribution is -2.38. The van der Waals surface area contributed by atoms with E-state index in [9.17, 15) is 5.11 Å². The predicted octanol–water partition coefficient (Wildman–Crippen LogP) is 1.84. The topological polar surface area (TPSA) is 49.5 Å². The fourth-order valence-electron chi connectivity index (χ4n) is 1.85. The van der Waals surface area contributed by atoms with Gasteiger partial charge in [-0.1, -0.05) is 27.2 Å². The Balaban J connectivity index is 3.72. The van der Waals surface area contributed by atoms with Crippen LogP contribution in [0.3, 0.4) is 0 Å². The van der Waals surface area contributed by atoms with E-state index in [4.69, 9.17) is 5.73 Å². The smallest absolute Gasteiger partial charge is 0.0767 e. The molecule has 16 heavy (non-hydrogen) atoms. The highest BCUT2D eigenvalue weighted by Crippen LogP contribution is 2.16. The van der Waals surface area contributed by atoms with E-state index in [-0.39, 0.29) is 0 Å². The van der Waals surface area contributed by atoms with Gasteiger partial charge in [0.1, 0.15) is 0 Å². The summed E-state index contributed by atoms with van der Waals surface area (Å²) in [4.78, 5) is 2.35. The number of aliphatic hydroxyl groups is 1. The van der Waals surface area contributed by atoms with Crippen LogP contribution in [-0.2, 0) is 0 Å². The Morgan fingerprint density at radius 3 is 2.44 bits per heavy atom. The van der Waals surface area contributed by atoms with Gasteiger partial charge in [-0.3, -0.25) is 0 Å². The summed E-state index contributed by atoms with van der Waals surface area (Å²) >= 11 is 0. The van der Waals surface area contributed by atoms with Gasteiger partial charge in [0, 0.05) is 13.1 Å². The van der Waals surface area contributed by atoms with E-state index in [2.05, 4.69) is 25.8 Å². The highest BCUT2D eigenvalue weighted by atomic mass is 16.3. The van der Waals surface area contributed by atoms with Crippen molar-refractivity contribution >= 4 is 0 Å². The van der Waals surface area contributed by atoms with Crippen molar-refractivity contribution in [3.8, 4) is 0 Å². The molecular weight excluding hydrogens is 200 g/mol. The van der Waals surface area contributed by atoms with Crippen LogP contribution in [0.4, 0.5) is 0 Å². The minimum Gasteiger partial charge on any atom is -0.389 e. The molecule has 2 unspecified atom stereocenters. The summed E-state index contributed by atoms with van der Waals surface area (Å²) in [5.74, 6) is 0.754.